The average Bonchev–Trinajstić information content (AvgIpc) is 2.03. The van der Waals surface area contributed by atoms with Crippen molar-refractivity contribution in [3.63, 3.8) is 0 Å². The van der Waals surface area contributed by atoms with Gasteiger partial charge in [0.25, 0.3) is 0 Å². The Kier molecular flexibility index (Phi) is 31.9. The van der Waals surface area contributed by atoms with E-state index in [1.807, 2.05) is 0 Å². The van der Waals surface area contributed by atoms with Crippen LogP contribution in [0.1, 0.15) is 0 Å². The van der Waals surface area contributed by atoms with E-state index in [0.717, 1.165) is 0 Å². The fraction of sp³-hybridized carbons (Fsp3) is 0.400. The first-order chi connectivity index (χ1) is 5.56. The summed E-state index contributed by atoms with van der Waals surface area (Å²) in [4.78, 5) is 26.7. The maximum absolute atomic E-state index is 9.05. The van der Waals surface area contributed by atoms with Crippen LogP contribution in [0.5, 0.6) is 0 Å². The number of hydrogen-bond acceptors (Lipinski definition) is 5. The maximum atomic E-state index is 9.05. The quantitative estimate of drug-likeness (QED) is 0.379. The van der Waals surface area contributed by atoms with Crippen LogP contribution in [0.3, 0.4) is 0 Å². The monoisotopic (exact) mass is 180 g/mol. The molecule has 0 aromatic carbocycles. The summed E-state index contributed by atoms with van der Waals surface area (Å²) in [5, 5.41) is 13.9. The predicted molar refractivity (Wildman–Crippen MR) is 40.9 cm³/mol. The fourth-order valence-electron chi connectivity index (χ4n) is 0. The summed E-state index contributed by atoms with van der Waals surface area (Å²) in [6.45, 7) is 0.278. The van der Waals surface area contributed by atoms with Crippen molar-refractivity contribution >= 4 is 18.7 Å². The molecule has 0 spiro atoms. The number of aldehydes is 2. The van der Waals surface area contributed by atoms with Crippen molar-refractivity contribution in [3.05, 3.63) is 0 Å². The van der Waals surface area contributed by atoms with Gasteiger partial charge >= 0.3 is 6.16 Å². The minimum absolute atomic E-state index is 0.139. The predicted octanol–water partition coefficient (Wildman–Crippen LogP) is -1.49. The molecule has 6 N–H and O–H groups in total. The Hall–Kier alpha value is -1.47. The summed E-state index contributed by atoms with van der Waals surface area (Å²) in [7, 11) is 0. The lowest BCUT2D eigenvalue weighted by Gasteiger charge is -1.60. The molecule has 0 aliphatic carbocycles. The zero-order valence-electron chi connectivity index (χ0n) is 6.34. The van der Waals surface area contributed by atoms with Crippen LogP contribution in [-0.4, -0.2) is 42.0 Å². The van der Waals surface area contributed by atoms with E-state index >= 15 is 0 Å². The second-order valence-corrected chi connectivity index (χ2v) is 1.09. The van der Waals surface area contributed by atoms with Crippen LogP contribution in [-0.2, 0) is 9.59 Å². The summed E-state index contributed by atoms with van der Waals surface area (Å²) >= 11 is 0. The number of carbonyl (C=O) groups is 3. The van der Waals surface area contributed by atoms with E-state index in [2.05, 4.69) is 11.5 Å². The van der Waals surface area contributed by atoms with Crippen LogP contribution in [0.25, 0.3) is 0 Å². The summed E-state index contributed by atoms with van der Waals surface area (Å²) < 4.78 is 0. The maximum Gasteiger partial charge on any atom is 0.503 e. The molecule has 0 fully saturated rings. The third kappa shape index (κ3) is 1720. The van der Waals surface area contributed by atoms with E-state index in [4.69, 9.17) is 24.6 Å². The van der Waals surface area contributed by atoms with Crippen LogP contribution in [0.4, 0.5) is 4.79 Å². The van der Waals surface area contributed by atoms with Crippen molar-refractivity contribution in [1.82, 2.24) is 0 Å². The van der Waals surface area contributed by atoms with Crippen LogP contribution < -0.4 is 11.5 Å². The lowest BCUT2D eigenvalue weighted by Crippen LogP contribution is -1.97. The van der Waals surface area contributed by atoms with Gasteiger partial charge in [0.15, 0.2) is 0 Å². The van der Waals surface area contributed by atoms with Crippen LogP contribution in [0.15, 0.2) is 0 Å². The van der Waals surface area contributed by atoms with E-state index < -0.39 is 6.16 Å². The largest absolute Gasteiger partial charge is 0.503 e. The highest BCUT2D eigenvalue weighted by molar-refractivity contribution is 5.53. The molecule has 0 atom stereocenters. The molecule has 0 saturated heterocycles. The summed E-state index contributed by atoms with van der Waals surface area (Å²) in [5.74, 6) is 0. The van der Waals surface area contributed by atoms with Gasteiger partial charge in [-0.25, -0.2) is 4.79 Å². The van der Waals surface area contributed by atoms with Crippen LogP contribution in [0.2, 0.25) is 0 Å². The fourth-order valence-corrected chi connectivity index (χ4v) is 0. The lowest BCUT2D eigenvalue weighted by atomic mass is 10.8. The molecule has 0 bridgehead atoms. The van der Waals surface area contributed by atoms with E-state index in [-0.39, 0.29) is 13.1 Å². The minimum atomic E-state index is -1.83. The van der Waals surface area contributed by atoms with Gasteiger partial charge in [-0.05, 0) is 0 Å². The SMILES string of the molecule is NCC=O.NCC=O.O=C(O)O. The Morgan fingerprint density at radius 1 is 1.08 bits per heavy atom. The van der Waals surface area contributed by atoms with Gasteiger partial charge in [0, 0.05) is 13.1 Å². The molecule has 0 aromatic rings. The number of rotatable bonds is 2. The summed E-state index contributed by atoms with van der Waals surface area (Å²) in [6.07, 6.45) is -0.528. The molecule has 0 saturated carbocycles. The highest BCUT2D eigenvalue weighted by Gasteiger charge is 1.70. The van der Waals surface area contributed by atoms with Gasteiger partial charge in [-0.15, -0.1) is 0 Å². The summed E-state index contributed by atoms with van der Waals surface area (Å²) in [5.41, 5.74) is 9.32. The smallest absolute Gasteiger partial charge is 0.450 e. The Balaban J connectivity index is -0.000000101. The molecule has 0 rings (SSSR count). The number of carboxylic acid groups (broad SMARTS) is 2. The third-order valence-electron chi connectivity index (χ3n) is 0.192. The van der Waals surface area contributed by atoms with Gasteiger partial charge in [-0.3, -0.25) is 0 Å². The molecule has 0 aliphatic heterocycles. The Bertz CT molecular complexity index is 104. The highest BCUT2D eigenvalue weighted by atomic mass is 16.6. The molecular formula is C5H12N2O5. The molecule has 0 aromatic heterocycles. The standard InChI is InChI=1S/2C2H5NO.CH2O3/c2*3-1-2-4;2-1(3)4/h2*2H,1,3H2;(H2,2,3,4). The van der Waals surface area contributed by atoms with E-state index in [1.54, 1.807) is 0 Å². The molecule has 12 heavy (non-hydrogen) atoms. The average molecular weight is 180 g/mol. The Labute approximate surface area is 69.0 Å². The second kappa shape index (κ2) is 22.7. The van der Waals surface area contributed by atoms with Crippen molar-refractivity contribution in [1.29, 1.82) is 0 Å². The molecule has 0 unspecified atom stereocenters. The van der Waals surface area contributed by atoms with Crippen molar-refractivity contribution in [3.8, 4) is 0 Å². The van der Waals surface area contributed by atoms with Gasteiger partial charge in [-0.1, -0.05) is 0 Å². The molecule has 72 valence electrons. The first kappa shape index (κ1) is 16.9. The highest BCUT2D eigenvalue weighted by Crippen LogP contribution is 1.42. The zero-order valence-corrected chi connectivity index (χ0v) is 6.34. The second-order valence-electron chi connectivity index (χ2n) is 1.09. The van der Waals surface area contributed by atoms with Gasteiger partial charge in [-0.2, -0.15) is 0 Å². The Morgan fingerprint density at radius 3 is 1.17 bits per heavy atom. The van der Waals surface area contributed by atoms with Gasteiger partial charge in [0.2, 0.25) is 0 Å². The van der Waals surface area contributed by atoms with Crippen molar-refractivity contribution in [2.45, 2.75) is 0 Å². The Morgan fingerprint density at radius 2 is 1.17 bits per heavy atom. The topological polar surface area (TPSA) is 144 Å². The van der Waals surface area contributed by atoms with Crippen LogP contribution in [0, 0.1) is 0 Å². The number of carbonyl (C=O) groups excluding carboxylic acids is 2. The normalized spacial score (nSPS) is 6.17. The summed E-state index contributed by atoms with van der Waals surface area (Å²) in [6, 6.07) is 0. The first-order valence-corrected chi connectivity index (χ1v) is 2.76. The molecule has 0 heterocycles. The van der Waals surface area contributed by atoms with E-state index in [9.17, 15) is 0 Å². The van der Waals surface area contributed by atoms with Crippen molar-refractivity contribution < 1.29 is 24.6 Å². The van der Waals surface area contributed by atoms with E-state index in [1.165, 1.54) is 0 Å². The van der Waals surface area contributed by atoms with Gasteiger partial charge < -0.3 is 31.3 Å². The lowest BCUT2D eigenvalue weighted by molar-refractivity contribution is -0.107. The first-order valence-electron chi connectivity index (χ1n) is 2.76. The molecule has 7 heteroatoms. The number of hydrogen-bond donors (Lipinski definition) is 4. The van der Waals surface area contributed by atoms with Crippen molar-refractivity contribution in [2.24, 2.45) is 11.5 Å². The molecule has 7 nitrogen and oxygen atoms in total. The molecule has 0 radical (unpaired) electrons. The van der Waals surface area contributed by atoms with Crippen LogP contribution >= 0.6 is 0 Å². The van der Waals surface area contributed by atoms with Gasteiger partial charge in [0.1, 0.15) is 12.6 Å². The van der Waals surface area contributed by atoms with Gasteiger partial charge in [0.05, 0.1) is 0 Å². The minimum Gasteiger partial charge on any atom is -0.450 e. The molecule has 0 amide bonds. The van der Waals surface area contributed by atoms with Crippen molar-refractivity contribution in [2.75, 3.05) is 13.1 Å². The zero-order chi connectivity index (χ0) is 10.4. The van der Waals surface area contributed by atoms with E-state index in [0.29, 0.717) is 12.6 Å². The number of nitrogens with two attached hydrogens (primary N) is 2. The third-order valence-corrected chi connectivity index (χ3v) is 0.192. The molecular weight excluding hydrogens is 168 g/mol. The molecule has 0 aliphatic rings.